The van der Waals surface area contributed by atoms with Gasteiger partial charge in [-0.25, -0.2) is 0 Å². The van der Waals surface area contributed by atoms with Crippen LogP contribution in [0.4, 0.5) is 0 Å². The molecular formula is C2H3BW. The Morgan fingerprint density at radius 2 is 2.00 bits per heavy atom. The first-order valence-electron chi connectivity index (χ1n) is 0.993. The summed E-state index contributed by atoms with van der Waals surface area (Å²) in [6, 6.07) is 0. The Bertz CT molecular complexity index is 29.0. The van der Waals surface area contributed by atoms with Crippen molar-refractivity contribution in [3.05, 3.63) is 0 Å². The van der Waals surface area contributed by atoms with Gasteiger partial charge in [0.25, 0.3) is 0 Å². The fourth-order valence-corrected chi connectivity index (χ4v) is 0. The maximum atomic E-state index is 5.06. The monoisotopic (exact) mass is 222 g/mol. The van der Waals surface area contributed by atoms with Crippen molar-refractivity contribution in [2.75, 3.05) is 0 Å². The van der Waals surface area contributed by atoms with Crippen LogP contribution < -0.4 is 0 Å². The van der Waals surface area contributed by atoms with Gasteiger partial charge >= 0.3 is 37.9 Å². The first-order valence-corrected chi connectivity index (χ1v) is 2.46. The maximum absolute atomic E-state index is 5.06. The van der Waals surface area contributed by atoms with Gasteiger partial charge in [0, 0.05) is 0 Å². The third-order valence-corrected chi connectivity index (χ3v) is 0. The third kappa shape index (κ3) is 17.8. The first-order chi connectivity index (χ1) is 1.73. The molecule has 0 aromatic rings. The molecule has 0 bridgehead atoms. The van der Waals surface area contributed by atoms with Gasteiger partial charge in [-0.2, -0.15) is 0 Å². The molecule has 0 aliphatic rings. The molecule has 0 aliphatic carbocycles. The van der Waals surface area contributed by atoms with E-state index in [-0.39, 0.29) is 0 Å². The molecule has 2 heteroatoms. The molecule has 0 nitrogen and oxygen atoms in total. The van der Waals surface area contributed by atoms with Crippen LogP contribution in [0.2, 0.25) is 0 Å². The van der Waals surface area contributed by atoms with Crippen molar-refractivity contribution in [1.82, 2.24) is 0 Å². The number of hydrogen-bond donors (Lipinski definition) is 0. The number of hydrogen-bond acceptors (Lipinski definition) is 0. The molecule has 0 aromatic heterocycles. The molecule has 0 fully saturated rings. The van der Waals surface area contributed by atoms with Crippen LogP contribution in [0.15, 0.2) is 0 Å². The van der Waals surface area contributed by atoms with Crippen molar-refractivity contribution in [1.29, 1.82) is 0 Å². The van der Waals surface area contributed by atoms with Crippen molar-refractivity contribution < 1.29 is 19.4 Å². The van der Waals surface area contributed by atoms with Gasteiger partial charge in [-0.05, 0) is 0 Å². The minimum absolute atomic E-state index is 1.00. The van der Waals surface area contributed by atoms with Crippen molar-refractivity contribution >= 4 is 11.6 Å². The van der Waals surface area contributed by atoms with Gasteiger partial charge in [0.15, 0.2) is 0 Å². The molecule has 0 N–H and O–H groups in total. The van der Waals surface area contributed by atoms with Crippen LogP contribution in [0, 0.1) is 0 Å². The van der Waals surface area contributed by atoms with Gasteiger partial charge in [-0.1, -0.05) is 0 Å². The zero-order valence-corrected chi connectivity index (χ0v) is 5.42. The summed E-state index contributed by atoms with van der Waals surface area (Å²) < 4.78 is 1.00. The Morgan fingerprint density at radius 3 is 2.00 bits per heavy atom. The van der Waals surface area contributed by atoms with Crippen molar-refractivity contribution in [2.45, 2.75) is 6.92 Å². The fourth-order valence-electron chi connectivity index (χ4n) is 0. The summed E-state index contributed by atoms with van der Waals surface area (Å²) in [6.45, 7) is 1.90. The second-order valence-electron chi connectivity index (χ2n) is 0.611. The van der Waals surface area contributed by atoms with E-state index in [2.05, 4.69) is 0 Å². The van der Waals surface area contributed by atoms with Gasteiger partial charge in [0.05, 0.1) is 0 Å². The van der Waals surface area contributed by atoms with E-state index in [0.717, 1.165) is 3.80 Å². The second-order valence-corrected chi connectivity index (χ2v) is 2.92. The van der Waals surface area contributed by atoms with E-state index in [1.165, 1.54) is 19.4 Å². The summed E-state index contributed by atoms with van der Waals surface area (Å²) in [5.74, 6) is 0. The SMILES string of the molecule is [B][C](C)=[W]. The summed E-state index contributed by atoms with van der Waals surface area (Å²) in [5, 5.41) is 0. The molecule has 0 atom stereocenters. The van der Waals surface area contributed by atoms with Crippen LogP contribution >= 0.6 is 0 Å². The van der Waals surface area contributed by atoms with E-state index in [1.807, 2.05) is 6.92 Å². The van der Waals surface area contributed by atoms with Gasteiger partial charge in [0.2, 0.25) is 0 Å². The second kappa shape index (κ2) is 1.90. The molecule has 0 unspecified atom stereocenters. The molecule has 0 spiro atoms. The third-order valence-electron chi connectivity index (χ3n) is 0. The molecule has 0 heterocycles. The van der Waals surface area contributed by atoms with Gasteiger partial charge in [0.1, 0.15) is 0 Å². The van der Waals surface area contributed by atoms with E-state index >= 15 is 0 Å². The minimum atomic E-state index is 1.00. The van der Waals surface area contributed by atoms with Gasteiger partial charge in [-0.3, -0.25) is 0 Å². The van der Waals surface area contributed by atoms with Crippen molar-refractivity contribution in [2.24, 2.45) is 0 Å². The molecule has 0 aliphatic heterocycles. The number of rotatable bonds is 0. The summed E-state index contributed by atoms with van der Waals surface area (Å²) in [5.41, 5.74) is 0. The van der Waals surface area contributed by atoms with Crippen molar-refractivity contribution in [3.63, 3.8) is 0 Å². The summed E-state index contributed by atoms with van der Waals surface area (Å²) in [7, 11) is 5.06. The molecule has 4 heavy (non-hydrogen) atoms. The van der Waals surface area contributed by atoms with Crippen molar-refractivity contribution in [3.8, 4) is 0 Å². The van der Waals surface area contributed by atoms with E-state index in [4.69, 9.17) is 7.85 Å². The first kappa shape index (κ1) is 4.62. The molecule has 20 valence electrons. The fraction of sp³-hybridized carbons (Fsp3) is 0.500. The van der Waals surface area contributed by atoms with Crippen LogP contribution in [0.1, 0.15) is 6.92 Å². The van der Waals surface area contributed by atoms with Crippen LogP contribution in [0.3, 0.4) is 0 Å². The Balaban J connectivity index is 2.80. The molecular weight excluding hydrogens is 219 g/mol. The van der Waals surface area contributed by atoms with E-state index < -0.39 is 0 Å². The molecule has 0 saturated heterocycles. The Labute approximate surface area is 38.4 Å². The van der Waals surface area contributed by atoms with Crippen LogP contribution in [0.25, 0.3) is 0 Å². The summed E-state index contributed by atoms with van der Waals surface area (Å²) in [4.78, 5) is 0. The topological polar surface area (TPSA) is 0 Å². The summed E-state index contributed by atoms with van der Waals surface area (Å²) >= 11 is 1.37. The predicted octanol–water partition coefficient (Wildman–Crippen LogP) is -0.148. The Kier molecular flexibility index (Phi) is 2.20. The predicted molar refractivity (Wildman–Crippen MR) is 16.4 cm³/mol. The van der Waals surface area contributed by atoms with Gasteiger partial charge in [-0.15, -0.1) is 0 Å². The van der Waals surface area contributed by atoms with Crippen LogP contribution in [-0.2, 0) is 19.4 Å². The van der Waals surface area contributed by atoms with E-state index in [0.29, 0.717) is 0 Å². The Hall–Kier alpha value is 0.623. The van der Waals surface area contributed by atoms with E-state index in [9.17, 15) is 0 Å². The standard InChI is InChI=1S/C2H3B.W/c1-2-3;/h1H3;. The summed E-state index contributed by atoms with van der Waals surface area (Å²) in [6.07, 6.45) is 0. The Morgan fingerprint density at radius 1 is 2.00 bits per heavy atom. The molecule has 0 aromatic carbocycles. The zero-order chi connectivity index (χ0) is 3.58. The normalized spacial score (nSPS) is 6.25. The molecule has 2 radical (unpaired) electrons. The molecule has 0 rings (SSSR count). The zero-order valence-electron chi connectivity index (χ0n) is 2.49. The molecule has 0 saturated carbocycles. The quantitative estimate of drug-likeness (QED) is 0.500. The average Bonchev–Trinajstić information content (AvgIpc) is 0.811. The van der Waals surface area contributed by atoms with Crippen LogP contribution in [-0.4, -0.2) is 11.6 Å². The average molecular weight is 222 g/mol. The molecule has 0 amide bonds. The van der Waals surface area contributed by atoms with Gasteiger partial charge < -0.3 is 0 Å². The van der Waals surface area contributed by atoms with Crippen LogP contribution in [0.5, 0.6) is 0 Å². The van der Waals surface area contributed by atoms with E-state index in [1.54, 1.807) is 0 Å².